The van der Waals surface area contributed by atoms with Crippen molar-refractivity contribution in [2.45, 2.75) is 33.6 Å². The van der Waals surface area contributed by atoms with Crippen molar-refractivity contribution in [2.24, 2.45) is 7.05 Å². The van der Waals surface area contributed by atoms with Crippen molar-refractivity contribution >= 4 is 32.7 Å². The molecule has 2 nitrogen and oxygen atoms in total. The first-order valence-electron chi connectivity index (χ1n) is 10.4. The first-order valence-corrected chi connectivity index (χ1v) is 10.4. The van der Waals surface area contributed by atoms with Gasteiger partial charge in [0.2, 0.25) is 5.69 Å². The maximum atomic E-state index is 13.9. The molecule has 5 rings (SSSR count). The second-order valence-corrected chi connectivity index (χ2v) is 8.59. The Bertz CT molecular complexity index is 1460. The summed E-state index contributed by atoms with van der Waals surface area (Å²) in [7, 11) is 2.07. The Morgan fingerprint density at radius 3 is 2.43 bits per heavy atom. The van der Waals surface area contributed by atoms with Crippen LogP contribution in [0.1, 0.15) is 36.5 Å². The Balaban J connectivity index is 1.93. The average Bonchev–Trinajstić information content (AvgIpc) is 3.06. The van der Waals surface area contributed by atoms with Crippen LogP contribution in [0, 0.1) is 19.7 Å². The Morgan fingerprint density at radius 1 is 0.900 bits per heavy atom. The highest BCUT2D eigenvalue weighted by Gasteiger charge is 2.24. The minimum absolute atomic E-state index is 0.284. The molecule has 2 heterocycles. The topological polar surface area (TPSA) is 17.0 Å². The van der Waals surface area contributed by atoms with Crippen molar-refractivity contribution < 1.29 is 13.4 Å². The van der Waals surface area contributed by atoms with Crippen molar-refractivity contribution in [1.82, 2.24) is 0 Å². The van der Waals surface area contributed by atoms with E-state index in [-0.39, 0.29) is 5.82 Å². The van der Waals surface area contributed by atoms with E-state index in [1.54, 1.807) is 0 Å². The van der Waals surface area contributed by atoms with E-state index in [0.29, 0.717) is 11.5 Å². The number of hydrogen-bond donors (Lipinski definition) is 0. The fraction of sp³-hybridized carbons (Fsp3) is 0.222. The molecule has 0 bridgehead atoms. The molecule has 0 radical (unpaired) electrons. The predicted octanol–water partition coefficient (Wildman–Crippen LogP) is 7.11. The zero-order valence-corrected chi connectivity index (χ0v) is 18.0. The van der Waals surface area contributed by atoms with Gasteiger partial charge in [0.25, 0.3) is 0 Å². The molecule has 3 aromatic carbocycles. The van der Waals surface area contributed by atoms with Gasteiger partial charge in [0, 0.05) is 22.9 Å². The lowest BCUT2D eigenvalue weighted by molar-refractivity contribution is -0.659. The van der Waals surface area contributed by atoms with E-state index >= 15 is 0 Å². The average molecular weight is 399 g/mol. The van der Waals surface area contributed by atoms with E-state index in [4.69, 9.17) is 4.42 Å². The summed E-state index contributed by atoms with van der Waals surface area (Å²) >= 11 is 0. The van der Waals surface area contributed by atoms with Crippen LogP contribution < -0.4 is 4.57 Å². The maximum absolute atomic E-state index is 13.9. The van der Waals surface area contributed by atoms with Crippen LogP contribution >= 0.6 is 0 Å². The SMILES string of the molecule is Cc1cc2c(oc3cc(F)ccc32)c(-c2c3ccc(C(C)C)cc3cc[n+]2C)c1C. The summed E-state index contributed by atoms with van der Waals surface area (Å²) in [4.78, 5) is 0. The Kier molecular flexibility index (Phi) is 4.18. The molecule has 5 aromatic rings. The molecule has 0 saturated carbocycles. The molecule has 30 heavy (non-hydrogen) atoms. The number of nitrogens with zero attached hydrogens (tertiary/aromatic N) is 1. The minimum Gasteiger partial charge on any atom is -0.455 e. The van der Waals surface area contributed by atoms with E-state index in [9.17, 15) is 4.39 Å². The summed E-state index contributed by atoms with van der Waals surface area (Å²) in [6.45, 7) is 8.70. The molecule has 0 atom stereocenters. The fourth-order valence-electron chi connectivity index (χ4n) is 4.46. The normalized spacial score (nSPS) is 12.0. The highest BCUT2D eigenvalue weighted by atomic mass is 19.1. The largest absolute Gasteiger partial charge is 0.455 e. The molecule has 0 spiro atoms. The van der Waals surface area contributed by atoms with Crippen molar-refractivity contribution in [1.29, 1.82) is 0 Å². The third-order valence-corrected chi connectivity index (χ3v) is 6.31. The first-order chi connectivity index (χ1) is 14.3. The molecule has 0 aliphatic heterocycles. The van der Waals surface area contributed by atoms with Gasteiger partial charge in [-0.15, -0.1) is 0 Å². The summed E-state index contributed by atoms with van der Waals surface area (Å²) in [6, 6.07) is 15.8. The zero-order chi connectivity index (χ0) is 21.2. The number of benzene rings is 3. The van der Waals surface area contributed by atoms with Gasteiger partial charge in [0.1, 0.15) is 24.0 Å². The molecule has 2 aromatic heterocycles. The maximum Gasteiger partial charge on any atom is 0.224 e. The third kappa shape index (κ3) is 2.72. The van der Waals surface area contributed by atoms with Crippen LogP contribution in [0.25, 0.3) is 44.0 Å². The minimum atomic E-state index is -0.284. The van der Waals surface area contributed by atoms with E-state index in [1.807, 2.05) is 6.07 Å². The third-order valence-electron chi connectivity index (χ3n) is 6.31. The van der Waals surface area contributed by atoms with Gasteiger partial charge in [-0.1, -0.05) is 26.0 Å². The van der Waals surface area contributed by atoms with Crippen LogP contribution in [-0.4, -0.2) is 0 Å². The van der Waals surface area contributed by atoms with Crippen LogP contribution in [0.5, 0.6) is 0 Å². The lowest BCUT2D eigenvalue weighted by Crippen LogP contribution is -2.31. The number of aromatic nitrogens is 1. The summed E-state index contributed by atoms with van der Waals surface area (Å²) < 4.78 is 22.3. The van der Waals surface area contributed by atoms with Gasteiger partial charge >= 0.3 is 0 Å². The van der Waals surface area contributed by atoms with Gasteiger partial charge in [-0.05, 0) is 66.1 Å². The van der Waals surface area contributed by atoms with Gasteiger partial charge in [0.15, 0.2) is 6.20 Å². The summed E-state index contributed by atoms with van der Waals surface area (Å²) in [6.07, 6.45) is 2.11. The van der Waals surface area contributed by atoms with Crippen molar-refractivity contribution in [3.63, 3.8) is 0 Å². The number of hydrogen-bond acceptors (Lipinski definition) is 1. The number of halogens is 1. The number of furan rings is 1. The smallest absolute Gasteiger partial charge is 0.224 e. The molecule has 0 aliphatic carbocycles. The van der Waals surface area contributed by atoms with E-state index < -0.39 is 0 Å². The highest BCUT2D eigenvalue weighted by molar-refractivity contribution is 6.12. The molecular formula is C27H25FNO+. The molecular weight excluding hydrogens is 373 g/mol. The second kappa shape index (κ2) is 6.66. The lowest BCUT2D eigenvalue weighted by Gasteiger charge is -2.12. The van der Waals surface area contributed by atoms with Gasteiger partial charge in [-0.2, -0.15) is 0 Å². The van der Waals surface area contributed by atoms with Crippen LogP contribution in [0.15, 0.2) is 59.1 Å². The predicted molar refractivity (Wildman–Crippen MR) is 121 cm³/mol. The molecule has 0 fully saturated rings. The van der Waals surface area contributed by atoms with Gasteiger partial charge in [-0.3, -0.25) is 0 Å². The van der Waals surface area contributed by atoms with E-state index in [0.717, 1.165) is 27.6 Å². The quantitative estimate of drug-likeness (QED) is 0.290. The second-order valence-electron chi connectivity index (χ2n) is 8.59. The molecule has 0 aliphatic rings. The first kappa shape index (κ1) is 18.8. The number of rotatable bonds is 2. The van der Waals surface area contributed by atoms with Crippen molar-refractivity contribution in [2.75, 3.05) is 0 Å². The summed E-state index contributed by atoms with van der Waals surface area (Å²) in [5.74, 6) is 0.193. The molecule has 0 unspecified atom stereocenters. The lowest BCUT2D eigenvalue weighted by atomic mass is 9.92. The standard InChI is InChI=1S/C27H25FNO/c1-15(2)18-6-8-21-19(13-18)10-11-29(5)26(21)25-17(4)16(3)12-23-22-9-7-20(28)14-24(22)30-27(23)25/h6-15H,1-5H3/q+1. The van der Waals surface area contributed by atoms with Gasteiger partial charge in [-0.25, -0.2) is 8.96 Å². The van der Waals surface area contributed by atoms with Crippen molar-refractivity contribution in [3.05, 3.63) is 77.2 Å². The van der Waals surface area contributed by atoms with Crippen LogP contribution in [-0.2, 0) is 7.05 Å². The Labute approximate surface area is 175 Å². The highest BCUT2D eigenvalue weighted by Crippen LogP contribution is 2.40. The number of fused-ring (bicyclic) bond motifs is 4. The molecule has 3 heteroatoms. The van der Waals surface area contributed by atoms with Gasteiger partial charge < -0.3 is 4.42 Å². The van der Waals surface area contributed by atoms with Crippen LogP contribution in [0.4, 0.5) is 4.39 Å². The molecule has 0 saturated heterocycles. The summed E-state index contributed by atoms with van der Waals surface area (Å²) in [5.41, 5.74) is 7.29. The zero-order valence-electron chi connectivity index (χ0n) is 18.0. The van der Waals surface area contributed by atoms with Crippen LogP contribution in [0.2, 0.25) is 0 Å². The molecule has 0 N–H and O–H groups in total. The number of pyridine rings is 1. The number of aryl methyl sites for hydroxylation is 2. The molecule has 0 amide bonds. The summed E-state index contributed by atoms with van der Waals surface area (Å²) in [5, 5.41) is 4.37. The van der Waals surface area contributed by atoms with E-state index in [2.05, 4.69) is 75.8 Å². The van der Waals surface area contributed by atoms with Crippen molar-refractivity contribution in [3.8, 4) is 11.3 Å². The fourth-order valence-corrected chi connectivity index (χ4v) is 4.46. The Hall–Kier alpha value is -3.20. The Morgan fingerprint density at radius 2 is 1.67 bits per heavy atom. The monoisotopic (exact) mass is 398 g/mol. The van der Waals surface area contributed by atoms with E-state index in [1.165, 1.54) is 39.6 Å². The van der Waals surface area contributed by atoms with Crippen LogP contribution in [0.3, 0.4) is 0 Å². The molecule has 150 valence electrons. The van der Waals surface area contributed by atoms with Gasteiger partial charge in [0.05, 0.1) is 10.9 Å².